The number of carbonyl (C=O) groups is 1. The van der Waals surface area contributed by atoms with Crippen LogP contribution in [0.3, 0.4) is 0 Å². The standard InChI is InChI=1S/C8H9Br2N3O3/c1-8(2,13(9)10)6(15)12-4-3-5(14)11-7(12)16/h3-4H,1-2H3,(H,11,14,16). The highest BCUT2D eigenvalue weighted by Crippen LogP contribution is 2.24. The number of aromatic nitrogens is 2. The first-order valence-electron chi connectivity index (χ1n) is 4.25. The third-order valence-electron chi connectivity index (χ3n) is 1.99. The van der Waals surface area contributed by atoms with Gasteiger partial charge in [0.1, 0.15) is 5.54 Å². The fourth-order valence-electron chi connectivity index (χ4n) is 0.944. The van der Waals surface area contributed by atoms with E-state index < -0.39 is 22.7 Å². The Morgan fingerprint density at radius 1 is 1.44 bits per heavy atom. The Kier molecular flexibility index (Phi) is 3.87. The van der Waals surface area contributed by atoms with E-state index in [1.807, 2.05) is 4.98 Å². The molecule has 0 spiro atoms. The third kappa shape index (κ3) is 2.50. The van der Waals surface area contributed by atoms with Gasteiger partial charge in [0.05, 0.1) is 0 Å². The summed E-state index contributed by atoms with van der Waals surface area (Å²) in [6.07, 6.45) is 1.15. The van der Waals surface area contributed by atoms with Crippen molar-refractivity contribution in [2.24, 2.45) is 0 Å². The highest BCUT2D eigenvalue weighted by molar-refractivity contribution is 9.21. The normalized spacial score (nSPS) is 11.8. The maximum Gasteiger partial charge on any atom is 0.335 e. The molecule has 1 rings (SSSR count). The first kappa shape index (κ1) is 13.3. The number of rotatable bonds is 2. The molecule has 0 amide bonds. The van der Waals surface area contributed by atoms with Crippen LogP contribution in [0.2, 0.25) is 0 Å². The highest BCUT2D eigenvalue weighted by atomic mass is 79.9. The van der Waals surface area contributed by atoms with Gasteiger partial charge in [0.25, 0.3) is 11.5 Å². The van der Waals surface area contributed by atoms with Crippen molar-refractivity contribution in [3.63, 3.8) is 0 Å². The van der Waals surface area contributed by atoms with Crippen LogP contribution in [0.15, 0.2) is 21.9 Å². The minimum atomic E-state index is -0.984. The van der Waals surface area contributed by atoms with Crippen LogP contribution in [0.4, 0.5) is 0 Å². The largest absolute Gasteiger partial charge is 0.335 e. The zero-order valence-corrected chi connectivity index (χ0v) is 11.7. The van der Waals surface area contributed by atoms with Gasteiger partial charge < -0.3 is 0 Å². The lowest BCUT2D eigenvalue weighted by Gasteiger charge is -2.26. The van der Waals surface area contributed by atoms with Crippen LogP contribution in [0, 0.1) is 0 Å². The molecule has 0 aliphatic carbocycles. The molecule has 0 aromatic carbocycles. The predicted octanol–water partition coefficient (Wildman–Crippen LogP) is 0.877. The Hall–Kier alpha value is -0.730. The highest BCUT2D eigenvalue weighted by Gasteiger charge is 2.34. The van der Waals surface area contributed by atoms with Crippen molar-refractivity contribution in [3.05, 3.63) is 33.1 Å². The van der Waals surface area contributed by atoms with Crippen LogP contribution in [0.25, 0.3) is 0 Å². The van der Waals surface area contributed by atoms with Gasteiger partial charge in [-0.3, -0.25) is 14.6 Å². The molecule has 1 aromatic heterocycles. The molecule has 0 saturated carbocycles. The summed E-state index contributed by atoms with van der Waals surface area (Å²) in [5, 5.41) is 0. The first-order chi connectivity index (χ1) is 7.26. The van der Waals surface area contributed by atoms with Crippen LogP contribution in [-0.2, 0) is 0 Å². The molecular formula is C8H9Br2N3O3. The van der Waals surface area contributed by atoms with Gasteiger partial charge in [-0.15, -0.1) is 0 Å². The molecule has 0 fully saturated rings. The third-order valence-corrected chi connectivity index (χ3v) is 3.76. The lowest BCUT2D eigenvalue weighted by molar-refractivity contribution is 0.0776. The van der Waals surface area contributed by atoms with E-state index in [-0.39, 0.29) is 0 Å². The maximum absolute atomic E-state index is 12.0. The van der Waals surface area contributed by atoms with E-state index in [9.17, 15) is 14.4 Å². The minimum Gasteiger partial charge on any atom is -0.274 e. The SMILES string of the molecule is CC(C)(C(=O)n1ccc(=O)[nH]c1=O)N(Br)Br. The number of halogens is 2. The van der Waals surface area contributed by atoms with Gasteiger partial charge in [-0.25, -0.2) is 9.36 Å². The van der Waals surface area contributed by atoms with Crippen molar-refractivity contribution in [2.75, 3.05) is 0 Å². The number of hydrogen-bond donors (Lipinski definition) is 1. The first-order valence-corrected chi connectivity index (χ1v) is 5.67. The smallest absolute Gasteiger partial charge is 0.274 e. The number of carbonyl (C=O) groups excluding carboxylic acids is 1. The van der Waals surface area contributed by atoms with Crippen molar-refractivity contribution in [2.45, 2.75) is 19.4 Å². The van der Waals surface area contributed by atoms with E-state index in [4.69, 9.17) is 0 Å². The molecular weight excluding hydrogens is 346 g/mol. The summed E-state index contributed by atoms with van der Waals surface area (Å²) in [7, 11) is 0. The van der Waals surface area contributed by atoms with Crippen molar-refractivity contribution < 1.29 is 4.79 Å². The Labute approximate surface area is 108 Å². The van der Waals surface area contributed by atoms with Gasteiger partial charge in [0.2, 0.25) is 0 Å². The molecule has 1 N–H and O–H groups in total. The van der Waals surface area contributed by atoms with Crippen LogP contribution in [0.5, 0.6) is 0 Å². The van der Waals surface area contributed by atoms with Crippen molar-refractivity contribution in [1.29, 1.82) is 0 Å². The molecule has 1 aromatic rings. The van der Waals surface area contributed by atoms with Crippen LogP contribution >= 0.6 is 32.3 Å². The summed E-state index contributed by atoms with van der Waals surface area (Å²) in [6.45, 7) is 3.22. The second-order valence-electron chi connectivity index (χ2n) is 3.58. The minimum absolute atomic E-state index is 0.484. The lowest BCUT2D eigenvalue weighted by Crippen LogP contribution is -2.47. The molecule has 88 valence electrons. The Morgan fingerprint density at radius 3 is 2.44 bits per heavy atom. The summed E-state index contributed by atoms with van der Waals surface area (Å²) in [6, 6.07) is 1.11. The average molecular weight is 355 g/mol. The van der Waals surface area contributed by atoms with E-state index in [2.05, 4.69) is 32.3 Å². The van der Waals surface area contributed by atoms with E-state index >= 15 is 0 Å². The summed E-state index contributed by atoms with van der Waals surface area (Å²) in [5.74, 6) is -0.484. The maximum atomic E-state index is 12.0. The lowest BCUT2D eigenvalue weighted by atomic mass is 10.1. The van der Waals surface area contributed by atoms with Gasteiger partial charge in [-0.2, -0.15) is 2.95 Å². The molecule has 8 heteroatoms. The Balaban J connectivity index is 3.26. The van der Waals surface area contributed by atoms with E-state index in [1.165, 1.54) is 2.95 Å². The molecule has 0 saturated heterocycles. The van der Waals surface area contributed by atoms with E-state index in [0.717, 1.165) is 16.8 Å². The summed E-state index contributed by atoms with van der Waals surface area (Å²) in [5.41, 5.74) is -2.28. The molecule has 0 bridgehead atoms. The molecule has 0 unspecified atom stereocenters. The molecule has 16 heavy (non-hydrogen) atoms. The summed E-state index contributed by atoms with van der Waals surface area (Å²) in [4.78, 5) is 36.2. The van der Waals surface area contributed by atoms with Crippen LogP contribution in [0.1, 0.15) is 18.6 Å². The topological polar surface area (TPSA) is 75.2 Å². The van der Waals surface area contributed by atoms with Gasteiger partial charge in [0, 0.05) is 44.6 Å². The fraction of sp³-hybridized carbons (Fsp3) is 0.375. The zero-order chi connectivity index (χ0) is 12.5. The van der Waals surface area contributed by atoms with E-state index in [0.29, 0.717) is 0 Å². The van der Waals surface area contributed by atoms with Gasteiger partial charge >= 0.3 is 5.69 Å². The number of nitrogens with zero attached hydrogens (tertiary/aromatic N) is 2. The van der Waals surface area contributed by atoms with Crippen LogP contribution < -0.4 is 11.2 Å². The monoisotopic (exact) mass is 353 g/mol. The van der Waals surface area contributed by atoms with E-state index in [1.54, 1.807) is 13.8 Å². The molecule has 0 aliphatic rings. The van der Waals surface area contributed by atoms with Crippen molar-refractivity contribution in [1.82, 2.24) is 12.5 Å². The molecule has 0 atom stereocenters. The fourth-order valence-corrected chi connectivity index (χ4v) is 1.25. The molecule has 6 nitrogen and oxygen atoms in total. The van der Waals surface area contributed by atoms with Gasteiger partial charge in [-0.1, -0.05) is 0 Å². The number of aromatic amines is 1. The zero-order valence-electron chi connectivity index (χ0n) is 8.53. The summed E-state index contributed by atoms with van der Waals surface area (Å²) < 4.78 is 2.17. The second kappa shape index (κ2) is 4.64. The van der Waals surface area contributed by atoms with Gasteiger partial charge in [0.15, 0.2) is 0 Å². The molecule has 1 heterocycles. The van der Waals surface area contributed by atoms with Crippen LogP contribution in [-0.4, -0.2) is 23.9 Å². The Bertz CT molecular complexity index is 518. The molecule has 0 radical (unpaired) electrons. The summed E-state index contributed by atoms with van der Waals surface area (Å²) >= 11 is 6.15. The van der Waals surface area contributed by atoms with Crippen molar-refractivity contribution in [3.8, 4) is 0 Å². The van der Waals surface area contributed by atoms with Crippen molar-refractivity contribution >= 4 is 38.2 Å². The predicted molar refractivity (Wildman–Crippen MR) is 65.7 cm³/mol. The second-order valence-corrected chi connectivity index (χ2v) is 5.95. The number of nitrogens with one attached hydrogen (secondary N) is 1. The quantitative estimate of drug-likeness (QED) is 0.800. The molecule has 0 aliphatic heterocycles. The Morgan fingerprint density at radius 2 is 2.00 bits per heavy atom. The number of H-pyrrole nitrogens is 1. The number of hydrogen-bond acceptors (Lipinski definition) is 4. The average Bonchev–Trinajstić information content (AvgIpc) is 2.16. The van der Waals surface area contributed by atoms with Gasteiger partial charge in [-0.05, 0) is 13.8 Å².